The average Bonchev–Trinajstić information content (AvgIpc) is 2.43. The van der Waals surface area contributed by atoms with E-state index in [0.29, 0.717) is 0 Å². The number of carbonyl (C=O) groups excluding carboxylic acids is 1. The van der Waals surface area contributed by atoms with Crippen molar-refractivity contribution in [3.05, 3.63) is 0 Å². The molecule has 1 unspecified atom stereocenters. The summed E-state index contributed by atoms with van der Waals surface area (Å²) < 4.78 is 40.8. The van der Waals surface area contributed by atoms with Gasteiger partial charge in [-0.1, -0.05) is 0 Å². The number of rotatable bonds is 2. The molecule has 8 heteroatoms. The lowest BCUT2D eigenvalue weighted by molar-refractivity contribution is -0.175. The molecule has 1 rings (SSSR count). The summed E-state index contributed by atoms with van der Waals surface area (Å²) in [5.74, 6) is -2.13. The van der Waals surface area contributed by atoms with Gasteiger partial charge in [0.05, 0.1) is 18.8 Å². The Balaban J connectivity index is 2.64. The number of hydrogen-bond acceptors (Lipinski definition) is 4. The molecule has 0 aromatic carbocycles. The first-order chi connectivity index (χ1) is 7.27. The van der Waals surface area contributed by atoms with Crippen molar-refractivity contribution in [2.75, 3.05) is 6.61 Å². The predicted octanol–water partition coefficient (Wildman–Crippen LogP) is -0.826. The molecule has 3 N–H and O–H groups in total. The van der Waals surface area contributed by atoms with Crippen LogP contribution in [0.15, 0.2) is 0 Å². The zero-order valence-corrected chi connectivity index (χ0v) is 8.36. The lowest BCUT2D eigenvalue weighted by Gasteiger charge is -2.20. The molecule has 1 aliphatic rings. The summed E-state index contributed by atoms with van der Waals surface area (Å²) in [7, 11) is 0. The van der Waals surface area contributed by atoms with Crippen molar-refractivity contribution >= 4 is 5.91 Å². The van der Waals surface area contributed by atoms with Crippen LogP contribution in [-0.2, 0) is 9.53 Å². The van der Waals surface area contributed by atoms with Crippen LogP contribution in [0.25, 0.3) is 0 Å². The molecule has 16 heavy (non-hydrogen) atoms. The lowest BCUT2D eigenvalue weighted by atomic mass is 10.1. The normalized spacial score (nSPS) is 35.1. The molecule has 0 radical (unpaired) electrons. The minimum Gasteiger partial charge on any atom is -0.394 e. The first-order valence-electron chi connectivity index (χ1n) is 4.59. The van der Waals surface area contributed by atoms with E-state index in [4.69, 9.17) is 9.84 Å². The predicted molar refractivity (Wildman–Crippen MR) is 45.4 cm³/mol. The van der Waals surface area contributed by atoms with Crippen LogP contribution in [0.5, 0.6) is 0 Å². The van der Waals surface area contributed by atoms with Crippen molar-refractivity contribution < 1.29 is 32.9 Å². The quantitative estimate of drug-likeness (QED) is 0.591. The molecule has 94 valence electrons. The van der Waals surface area contributed by atoms with Crippen molar-refractivity contribution in [3.8, 4) is 0 Å². The van der Waals surface area contributed by atoms with Crippen molar-refractivity contribution in [1.82, 2.24) is 5.32 Å². The highest BCUT2D eigenvalue weighted by Crippen LogP contribution is 2.22. The van der Waals surface area contributed by atoms with Gasteiger partial charge >= 0.3 is 12.1 Å². The van der Waals surface area contributed by atoms with Gasteiger partial charge in [-0.05, 0) is 6.92 Å². The van der Waals surface area contributed by atoms with Crippen LogP contribution in [0.2, 0.25) is 0 Å². The Hall–Kier alpha value is -0.860. The van der Waals surface area contributed by atoms with E-state index in [0.717, 1.165) is 0 Å². The van der Waals surface area contributed by atoms with Gasteiger partial charge in [0.1, 0.15) is 12.2 Å². The van der Waals surface area contributed by atoms with E-state index in [9.17, 15) is 23.1 Å². The number of hydrogen-bond donors (Lipinski definition) is 3. The minimum absolute atomic E-state index is 0.524. The van der Waals surface area contributed by atoms with E-state index in [1.807, 2.05) is 0 Å². The summed E-state index contributed by atoms with van der Waals surface area (Å²) in [5.41, 5.74) is 0. The number of ether oxygens (including phenoxy) is 1. The number of halogens is 3. The molecular weight excluding hydrogens is 231 g/mol. The summed E-state index contributed by atoms with van der Waals surface area (Å²) in [6, 6.07) is -1.17. The van der Waals surface area contributed by atoms with Gasteiger partial charge in [0.15, 0.2) is 0 Å². The molecule has 0 aromatic rings. The van der Waals surface area contributed by atoms with Gasteiger partial charge in [0.25, 0.3) is 0 Å². The average molecular weight is 243 g/mol. The SMILES string of the molecule is C[C@@H]1O[C@H](CO)[C@H](O)C1NC(=O)C(F)(F)F. The van der Waals surface area contributed by atoms with Crippen LogP contribution in [0.3, 0.4) is 0 Å². The summed E-state index contributed by atoms with van der Waals surface area (Å²) in [5, 5.41) is 19.8. The molecule has 1 aliphatic heterocycles. The molecule has 0 aliphatic carbocycles. The number of alkyl halides is 3. The second-order valence-corrected chi connectivity index (χ2v) is 3.55. The van der Waals surface area contributed by atoms with Crippen LogP contribution >= 0.6 is 0 Å². The summed E-state index contributed by atoms with van der Waals surface area (Å²) >= 11 is 0. The largest absolute Gasteiger partial charge is 0.471 e. The van der Waals surface area contributed by atoms with E-state index in [-0.39, 0.29) is 0 Å². The third-order valence-corrected chi connectivity index (χ3v) is 2.38. The minimum atomic E-state index is -5.00. The Labute approximate surface area is 89.2 Å². The van der Waals surface area contributed by atoms with Crippen molar-refractivity contribution in [2.45, 2.75) is 37.5 Å². The number of aliphatic hydroxyl groups is 2. The molecule has 0 bridgehead atoms. The third-order valence-electron chi connectivity index (χ3n) is 2.38. The van der Waals surface area contributed by atoms with E-state index >= 15 is 0 Å². The Morgan fingerprint density at radius 2 is 2.06 bits per heavy atom. The van der Waals surface area contributed by atoms with Crippen molar-refractivity contribution in [1.29, 1.82) is 0 Å². The number of carbonyl (C=O) groups is 1. The number of nitrogens with one attached hydrogen (secondary N) is 1. The second-order valence-electron chi connectivity index (χ2n) is 3.55. The monoisotopic (exact) mass is 243 g/mol. The van der Waals surface area contributed by atoms with E-state index < -0.39 is 43.0 Å². The van der Waals surface area contributed by atoms with Gasteiger partial charge in [0, 0.05) is 0 Å². The molecule has 1 heterocycles. The van der Waals surface area contributed by atoms with Gasteiger partial charge < -0.3 is 20.3 Å². The van der Waals surface area contributed by atoms with Gasteiger partial charge in [-0.25, -0.2) is 0 Å². The Bertz CT molecular complexity index is 270. The summed E-state index contributed by atoms with van der Waals surface area (Å²) in [6.45, 7) is 0.879. The highest BCUT2D eigenvalue weighted by Gasteiger charge is 2.46. The van der Waals surface area contributed by atoms with Crippen molar-refractivity contribution in [3.63, 3.8) is 0 Å². The lowest BCUT2D eigenvalue weighted by Crippen LogP contribution is -2.51. The molecule has 4 atom stereocenters. The van der Waals surface area contributed by atoms with Crippen LogP contribution < -0.4 is 5.32 Å². The van der Waals surface area contributed by atoms with E-state index in [1.165, 1.54) is 6.92 Å². The van der Waals surface area contributed by atoms with Gasteiger partial charge in [-0.3, -0.25) is 4.79 Å². The highest BCUT2D eigenvalue weighted by molar-refractivity contribution is 5.82. The first kappa shape index (κ1) is 13.2. The maximum absolute atomic E-state index is 12.0. The maximum atomic E-state index is 12.0. The fourth-order valence-electron chi connectivity index (χ4n) is 1.54. The molecular formula is C8H12F3NO4. The topological polar surface area (TPSA) is 78.8 Å². The van der Waals surface area contributed by atoms with Gasteiger partial charge in [-0.15, -0.1) is 0 Å². The highest BCUT2D eigenvalue weighted by atomic mass is 19.4. The molecule has 1 saturated heterocycles. The fraction of sp³-hybridized carbons (Fsp3) is 0.875. The zero-order valence-electron chi connectivity index (χ0n) is 8.36. The second kappa shape index (κ2) is 4.56. The Kier molecular flexibility index (Phi) is 3.76. The number of aliphatic hydroxyl groups excluding tert-OH is 2. The Morgan fingerprint density at radius 3 is 2.44 bits per heavy atom. The molecule has 0 spiro atoms. The van der Waals surface area contributed by atoms with Gasteiger partial charge in [0.2, 0.25) is 0 Å². The molecule has 5 nitrogen and oxygen atoms in total. The van der Waals surface area contributed by atoms with Crippen LogP contribution in [-0.4, -0.2) is 53.3 Å². The maximum Gasteiger partial charge on any atom is 0.471 e. The number of amides is 1. The van der Waals surface area contributed by atoms with E-state index in [1.54, 1.807) is 5.32 Å². The summed E-state index contributed by atoms with van der Waals surface area (Å²) in [6.07, 6.45) is -8.13. The molecule has 1 amide bonds. The van der Waals surface area contributed by atoms with Gasteiger partial charge in [-0.2, -0.15) is 13.2 Å². The molecule has 0 saturated carbocycles. The first-order valence-corrected chi connectivity index (χ1v) is 4.59. The summed E-state index contributed by atoms with van der Waals surface area (Å²) in [4.78, 5) is 10.6. The molecule has 1 fully saturated rings. The standard InChI is InChI=1S/C8H12F3NO4/c1-3-5(6(14)4(2-13)16-3)12-7(15)8(9,10)11/h3-6,13-14H,2H2,1H3,(H,12,15)/t3-,4+,5?,6-/m0/s1. The molecule has 0 aromatic heterocycles. The smallest absolute Gasteiger partial charge is 0.394 e. The van der Waals surface area contributed by atoms with Crippen LogP contribution in [0.4, 0.5) is 13.2 Å². The zero-order chi connectivity index (χ0) is 12.5. The van der Waals surface area contributed by atoms with Crippen molar-refractivity contribution in [2.24, 2.45) is 0 Å². The fourth-order valence-corrected chi connectivity index (χ4v) is 1.54. The van der Waals surface area contributed by atoms with Crippen LogP contribution in [0.1, 0.15) is 6.92 Å². The third kappa shape index (κ3) is 2.63. The Morgan fingerprint density at radius 1 is 1.50 bits per heavy atom. The van der Waals surface area contributed by atoms with E-state index in [2.05, 4.69) is 0 Å². The van der Waals surface area contributed by atoms with Crippen LogP contribution in [0, 0.1) is 0 Å².